The molecule has 1 aliphatic rings. The lowest BCUT2D eigenvalue weighted by Crippen LogP contribution is -2.19. The van der Waals surface area contributed by atoms with E-state index in [1.54, 1.807) is 7.11 Å². The van der Waals surface area contributed by atoms with Crippen LogP contribution in [0.4, 0.5) is 0 Å². The molecule has 1 unspecified atom stereocenters. The van der Waals surface area contributed by atoms with Crippen molar-refractivity contribution in [2.24, 2.45) is 5.73 Å². The fraction of sp³-hybridized carbons (Fsp3) is 0.344. The van der Waals surface area contributed by atoms with Crippen LogP contribution in [-0.2, 0) is 27.3 Å². The van der Waals surface area contributed by atoms with E-state index < -0.39 is 0 Å². The van der Waals surface area contributed by atoms with Gasteiger partial charge in [-0.05, 0) is 55.2 Å². The van der Waals surface area contributed by atoms with Gasteiger partial charge in [0.25, 0.3) is 0 Å². The highest BCUT2D eigenvalue weighted by Crippen LogP contribution is 2.35. The number of nitrogens with two attached hydrogens (primary N) is 1. The molecule has 1 fully saturated rings. The van der Waals surface area contributed by atoms with Crippen LogP contribution in [-0.4, -0.2) is 41.4 Å². The number of methoxy groups -OCH3 is 1. The Morgan fingerprint density at radius 2 is 1.85 bits per heavy atom. The third-order valence-electron chi connectivity index (χ3n) is 7.53. The molecule has 1 saturated carbocycles. The summed E-state index contributed by atoms with van der Waals surface area (Å²) in [4.78, 5) is 12.5. The second kappa shape index (κ2) is 12.3. The van der Waals surface area contributed by atoms with Crippen molar-refractivity contribution in [2.75, 3.05) is 13.7 Å². The molecular weight excluding hydrogens is 504 g/mol. The zero-order valence-electron chi connectivity index (χ0n) is 23.1. The normalized spacial score (nSPS) is 14.3. The molecule has 1 atom stereocenters. The number of hydrogen-bond donors (Lipinski definition) is 2. The molecule has 8 nitrogen and oxygen atoms in total. The van der Waals surface area contributed by atoms with Crippen molar-refractivity contribution < 1.29 is 19.0 Å². The smallest absolute Gasteiger partial charge is 0.310 e. The minimum atomic E-state index is -0.321. The maximum absolute atomic E-state index is 12.5. The third kappa shape index (κ3) is 6.18. The van der Waals surface area contributed by atoms with Crippen LogP contribution in [0.15, 0.2) is 66.7 Å². The van der Waals surface area contributed by atoms with Gasteiger partial charge < -0.3 is 19.9 Å². The summed E-state index contributed by atoms with van der Waals surface area (Å²) < 4.78 is 19.1. The van der Waals surface area contributed by atoms with Crippen molar-refractivity contribution in [3.05, 3.63) is 83.6 Å². The summed E-state index contributed by atoms with van der Waals surface area (Å²) >= 11 is 0. The summed E-state index contributed by atoms with van der Waals surface area (Å²) in [5.41, 5.74) is 11.1. The van der Waals surface area contributed by atoms with Crippen LogP contribution in [0, 0.1) is 5.41 Å². The Labute approximate surface area is 234 Å². The van der Waals surface area contributed by atoms with Crippen molar-refractivity contribution in [1.82, 2.24) is 9.78 Å². The maximum atomic E-state index is 12.5. The number of rotatable bonds is 11. The summed E-state index contributed by atoms with van der Waals surface area (Å²) in [7, 11) is 1.59. The van der Waals surface area contributed by atoms with E-state index in [-0.39, 0.29) is 30.9 Å². The molecule has 0 saturated heterocycles. The molecule has 0 radical (unpaired) electrons. The van der Waals surface area contributed by atoms with E-state index in [1.807, 2.05) is 61.5 Å². The molecule has 1 aromatic heterocycles. The minimum Gasteiger partial charge on any atom is -0.487 e. The Hall–Kier alpha value is -4.17. The number of ether oxygens (including phenoxy) is 3. The summed E-state index contributed by atoms with van der Waals surface area (Å²) in [6, 6.07) is 21.9. The predicted molar refractivity (Wildman–Crippen MR) is 156 cm³/mol. The first-order valence-electron chi connectivity index (χ1n) is 13.8. The number of aromatic nitrogens is 2. The van der Waals surface area contributed by atoms with Gasteiger partial charge in [-0.3, -0.25) is 14.9 Å². The Balaban J connectivity index is 1.44. The lowest BCUT2D eigenvalue weighted by molar-refractivity contribution is -0.146. The van der Waals surface area contributed by atoms with Crippen LogP contribution in [0.2, 0.25) is 0 Å². The van der Waals surface area contributed by atoms with E-state index in [0.717, 1.165) is 46.1 Å². The quantitative estimate of drug-likeness (QED) is 0.141. The lowest BCUT2D eigenvalue weighted by atomic mass is 10.0. The van der Waals surface area contributed by atoms with Crippen LogP contribution < -0.4 is 10.5 Å². The minimum absolute atomic E-state index is 0.0434. The Bertz CT molecular complexity index is 1510. The van der Waals surface area contributed by atoms with E-state index in [2.05, 4.69) is 16.8 Å². The molecule has 4 aromatic rings. The lowest BCUT2D eigenvalue weighted by Gasteiger charge is -2.16. The molecule has 0 aliphatic heterocycles. The van der Waals surface area contributed by atoms with Gasteiger partial charge in [0, 0.05) is 23.6 Å². The van der Waals surface area contributed by atoms with Crippen molar-refractivity contribution in [3.63, 3.8) is 0 Å². The molecule has 3 aromatic carbocycles. The molecule has 3 N–H and O–H groups in total. The van der Waals surface area contributed by atoms with E-state index in [1.165, 1.54) is 12.8 Å². The number of esters is 1. The molecule has 0 spiro atoms. The molecule has 0 bridgehead atoms. The largest absolute Gasteiger partial charge is 0.487 e. The molecular formula is C32H36N4O4. The van der Waals surface area contributed by atoms with Gasteiger partial charge in [-0.1, -0.05) is 55.3 Å². The molecule has 0 amide bonds. The van der Waals surface area contributed by atoms with Gasteiger partial charge in [-0.25, -0.2) is 0 Å². The average molecular weight is 541 g/mol. The van der Waals surface area contributed by atoms with Crippen LogP contribution in [0.5, 0.6) is 5.75 Å². The summed E-state index contributed by atoms with van der Waals surface area (Å²) in [6.45, 7) is 2.38. The Morgan fingerprint density at radius 1 is 1.07 bits per heavy atom. The maximum Gasteiger partial charge on any atom is 0.310 e. The average Bonchev–Trinajstić information content (AvgIpc) is 3.63. The van der Waals surface area contributed by atoms with Crippen LogP contribution >= 0.6 is 0 Å². The van der Waals surface area contributed by atoms with Gasteiger partial charge in [-0.2, -0.15) is 5.10 Å². The molecule has 1 aliphatic carbocycles. The second-order valence-electron chi connectivity index (χ2n) is 10.4. The van der Waals surface area contributed by atoms with Gasteiger partial charge >= 0.3 is 5.97 Å². The zero-order valence-corrected chi connectivity index (χ0v) is 23.1. The summed E-state index contributed by atoms with van der Waals surface area (Å²) in [5, 5.41) is 13.9. The van der Waals surface area contributed by atoms with Gasteiger partial charge in [-0.15, -0.1) is 0 Å². The first-order valence-corrected chi connectivity index (χ1v) is 13.8. The van der Waals surface area contributed by atoms with Crippen molar-refractivity contribution in [3.8, 4) is 16.9 Å². The SMILES string of the molecule is COC(C)COC(=O)Cc1ccccc1OCc1c2cc(-c3cccc(C(=N)N)c3)ccc2nn1C1CCCC1. The van der Waals surface area contributed by atoms with Gasteiger partial charge in [0.1, 0.15) is 24.8 Å². The standard InChI is InChI=1S/C32H36N4O4/c1-21(38-2)19-40-31(37)18-24-8-3-6-13-30(24)39-20-29-27-17-23(22-9-7-10-25(16-22)32(33)34)14-15-28(27)35-36(29)26-11-4-5-12-26/h3,6-10,13-17,21,26H,4-5,11-12,18-20H2,1-2H3,(H3,33,34). The number of carbonyl (C=O) groups is 1. The van der Waals surface area contributed by atoms with Crippen LogP contribution in [0.1, 0.15) is 55.5 Å². The Morgan fingerprint density at radius 3 is 2.62 bits per heavy atom. The summed E-state index contributed by atoms with van der Waals surface area (Å²) in [6.07, 6.45) is 4.53. The highest BCUT2D eigenvalue weighted by atomic mass is 16.6. The highest BCUT2D eigenvalue weighted by Gasteiger charge is 2.23. The molecule has 1 heterocycles. The van der Waals surface area contributed by atoms with Gasteiger partial charge in [0.05, 0.1) is 29.8 Å². The monoisotopic (exact) mass is 540 g/mol. The van der Waals surface area contributed by atoms with Gasteiger partial charge in [0.2, 0.25) is 0 Å². The van der Waals surface area contributed by atoms with Crippen LogP contribution in [0.25, 0.3) is 22.0 Å². The van der Waals surface area contributed by atoms with Crippen LogP contribution in [0.3, 0.4) is 0 Å². The number of amidine groups is 1. The second-order valence-corrected chi connectivity index (χ2v) is 10.4. The number of nitrogen functional groups attached to an aromatic ring is 1. The number of nitrogens with zero attached hydrogens (tertiary/aromatic N) is 2. The first-order chi connectivity index (χ1) is 19.4. The fourth-order valence-electron chi connectivity index (χ4n) is 5.22. The number of fused-ring (bicyclic) bond motifs is 1. The number of carbonyl (C=O) groups excluding carboxylic acids is 1. The summed E-state index contributed by atoms with van der Waals surface area (Å²) in [5.74, 6) is 0.373. The first kappa shape index (κ1) is 27.4. The highest BCUT2D eigenvalue weighted by molar-refractivity contribution is 5.96. The number of nitrogens with one attached hydrogen (secondary N) is 1. The van der Waals surface area contributed by atoms with E-state index in [9.17, 15) is 4.79 Å². The van der Waals surface area contributed by atoms with Gasteiger partial charge in [0.15, 0.2) is 0 Å². The Kier molecular flexibility index (Phi) is 8.45. The van der Waals surface area contributed by atoms with Crippen molar-refractivity contribution in [1.29, 1.82) is 5.41 Å². The molecule has 8 heteroatoms. The van der Waals surface area contributed by atoms with E-state index >= 15 is 0 Å². The number of para-hydroxylation sites is 1. The number of hydrogen-bond acceptors (Lipinski definition) is 6. The molecule has 40 heavy (non-hydrogen) atoms. The molecule has 208 valence electrons. The van der Waals surface area contributed by atoms with E-state index in [0.29, 0.717) is 24.0 Å². The topological polar surface area (TPSA) is 112 Å². The number of benzene rings is 3. The predicted octanol–water partition coefficient (Wildman–Crippen LogP) is 5.80. The third-order valence-corrected chi connectivity index (χ3v) is 7.53. The van der Waals surface area contributed by atoms with Crippen molar-refractivity contribution >= 4 is 22.7 Å². The fourth-order valence-corrected chi connectivity index (χ4v) is 5.22. The van der Waals surface area contributed by atoms with E-state index in [4.69, 9.17) is 30.5 Å². The molecule has 5 rings (SSSR count). The van der Waals surface area contributed by atoms with Crippen molar-refractivity contribution in [2.45, 2.75) is 57.8 Å². The zero-order chi connectivity index (χ0) is 28.1.